The van der Waals surface area contributed by atoms with E-state index in [-0.39, 0.29) is 11.3 Å². The van der Waals surface area contributed by atoms with Gasteiger partial charge in [-0.25, -0.2) is 0 Å². The van der Waals surface area contributed by atoms with Crippen LogP contribution in [0, 0.1) is 5.92 Å². The molecule has 0 saturated heterocycles. The van der Waals surface area contributed by atoms with E-state index < -0.39 is 24.0 Å². The second-order valence-electron chi connectivity index (χ2n) is 3.74. The molecule has 0 spiro atoms. The van der Waals surface area contributed by atoms with Crippen LogP contribution in [-0.4, -0.2) is 22.4 Å². The monoisotopic (exact) mass is 248 g/mol. The summed E-state index contributed by atoms with van der Waals surface area (Å²) in [6.07, 6.45) is -4.68. The minimum absolute atomic E-state index is 0.257. The number of alkyl halides is 3. The summed E-state index contributed by atoms with van der Waals surface area (Å²) >= 11 is 0. The fourth-order valence-electron chi connectivity index (χ4n) is 1.62. The van der Waals surface area contributed by atoms with Crippen molar-refractivity contribution < 1.29 is 28.2 Å². The van der Waals surface area contributed by atoms with E-state index in [4.69, 9.17) is 10.2 Å². The third kappa shape index (κ3) is 3.12. The van der Waals surface area contributed by atoms with Crippen LogP contribution in [0.4, 0.5) is 13.2 Å². The molecule has 0 amide bonds. The van der Waals surface area contributed by atoms with Gasteiger partial charge in [0.15, 0.2) is 0 Å². The van der Waals surface area contributed by atoms with Crippen LogP contribution in [0.1, 0.15) is 18.4 Å². The van der Waals surface area contributed by atoms with Crippen molar-refractivity contribution in [3.05, 3.63) is 29.8 Å². The van der Waals surface area contributed by atoms with Gasteiger partial charge in [0.05, 0.1) is 11.8 Å². The molecule has 1 unspecified atom stereocenters. The fourth-order valence-corrected chi connectivity index (χ4v) is 1.62. The second-order valence-corrected chi connectivity index (χ2v) is 3.74. The number of aromatic hydroxyl groups is 1. The first kappa shape index (κ1) is 13.3. The molecule has 3 nitrogen and oxygen atoms in total. The number of rotatable bonds is 3. The maximum atomic E-state index is 12.8. The Kier molecular flexibility index (Phi) is 3.65. The Morgan fingerprint density at radius 3 is 2.35 bits per heavy atom. The highest BCUT2D eigenvalue weighted by molar-refractivity contribution is 5.71. The molecule has 0 radical (unpaired) electrons. The summed E-state index contributed by atoms with van der Waals surface area (Å²) in [5, 5.41) is 17.8. The summed E-state index contributed by atoms with van der Waals surface area (Å²) in [7, 11) is 0. The molecule has 1 aromatic carbocycles. The topological polar surface area (TPSA) is 57.5 Å². The number of carboxylic acids is 1. The predicted molar refractivity (Wildman–Crippen MR) is 53.7 cm³/mol. The maximum absolute atomic E-state index is 12.8. The number of hydrogen-bond acceptors (Lipinski definition) is 2. The van der Waals surface area contributed by atoms with Crippen LogP contribution >= 0.6 is 0 Å². The van der Waals surface area contributed by atoms with Gasteiger partial charge in [-0.1, -0.05) is 19.1 Å². The van der Waals surface area contributed by atoms with Crippen LogP contribution in [0.2, 0.25) is 0 Å². The van der Waals surface area contributed by atoms with Gasteiger partial charge >= 0.3 is 12.1 Å². The number of aliphatic carboxylic acids is 1. The fraction of sp³-hybridized carbons (Fsp3) is 0.364. The number of hydrogen-bond donors (Lipinski definition) is 2. The Morgan fingerprint density at radius 2 is 1.94 bits per heavy atom. The van der Waals surface area contributed by atoms with Crippen molar-refractivity contribution in [2.75, 3.05) is 0 Å². The molecule has 0 aliphatic carbocycles. The van der Waals surface area contributed by atoms with Gasteiger partial charge in [0.2, 0.25) is 0 Å². The summed E-state index contributed by atoms with van der Waals surface area (Å²) in [6, 6.07) is 4.55. The highest BCUT2D eigenvalue weighted by atomic mass is 19.4. The molecule has 0 heterocycles. The first-order valence-electron chi connectivity index (χ1n) is 4.82. The van der Waals surface area contributed by atoms with Crippen LogP contribution in [0.3, 0.4) is 0 Å². The van der Waals surface area contributed by atoms with E-state index in [9.17, 15) is 18.0 Å². The molecule has 6 heteroatoms. The van der Waals surface area contributed by atoms with Crippen molar-refractivity contribution in [3.8, 4) is 5.75 Å². The third-order valence-corrected chi connectivity index (χ3v) is 2.47. The van der Waals surface area contributed by atoms with Crippen molar-refractivity contribution in [2.45, 2.75) is 19.0 Å². The van der Waals surface area contributed by atoms with E-state index in [1.807, 2.05) is 0 Å². The first-order chi connectivity index (χ1) is 7.73. The molecule has 2 atom stereocenters. The Morgan fingerprint density at radius 1 is 1.35 bits per heavy atom. The van der Waals surface area contributed by atoms with Crippen LogP contribution in [0.5, 0.6) is 5.75 Å². The Balaban J connectivity index is 3.20. The van der Waals surface area contributed by atoms with Gasteiger partial charge in [-0.05, 0) is 17.7 Å². The lowest BCUT2D eigenvalue weighted by Crippen LogP contribution is -2.31. The standard InChI is InChI=1S/C11H11F3O3/c1-6(10(16)17)9(11(12,13)14)7-3-2-4-8(15)5-7/h2-6,9,15H,1H3,(H,16,17)/t6?,9-/m0/s1. The molecule has 94 valence electrons. The van der Waals surface area contributed by atoms with E-state index >= 15 is 0 Å². The molecular weight excluding hydrogens is 237 g/mol. The van der Waals surface area contributed by atoms with E-state index in [1.54, 1.807) is 0 Å². The number of benzene rings is 1. The molecule has 2 N–H and O–H groups in total. The van der Waals surface area contributed by atoms with Crippen molar-refractivity contribution in [3.63, 3.8) is 0 Å². The molecule has 0 saturated carbocycles. The van der Waals surface area contributed by atoms with Crippen molar-refractivity contribution >= 4 is 5.97 Å². The quantitative estimate of drug-likeness (QED) is 0.864. The van der Waals surface area contributed by atoms with Gasteiger partial charge in [0.25, 0.3) is 0 Å². The summed E-state index contributed by atoms with van der Waals surface area (Å²) in [6.45, 7) is 0.991. The third-order valence-electron chi connectivity index (χ3n) is 2.47. The van der Waals surface area contributed by atoms with Gasteiger partial charge in [-0.2, -0.15) is 13.2 Å². The molecule has 1 rings (SSSR count). The van der Waals surface area contributed by atoms with Crippen LogP contribution in [0.15, 0.2) is 24.3 Å². The van der Waals surface area contributed by atoms with Gasteiger partial charge in [0, 0.05) is 0 Å². The number of carbonyl (C=O) groups is 1. The van der Waals surface area contributed by atoms with Crippen LogP contribution in [0.25, 0.3) is 0 Å². The normalized spacial score (nSPS) is 15.3. The van der Waals surface area contributed by atoms with Gasteiger partial charge in [-0.3, -0.25) is 4.79 Å². The summed E-state index contributed by atoms with van der Waals surface area (Å²) in [4.78, 5) is 10.7. The molecule has 1 aromatic rings. The highest BCUT2D eigenvalue weighted by Crippen LogP contribution is 2.41. The molecule has 0 bridgehead atoms. The lowest BCUT2D eigenvalue weighted by atomic mass is 9.86. The summed E-state index contributed by atoms with van der Waals surface area (Å²) < 4.78 is 38.4. The second kappa shape index (κ2) is 4.65. The van der Waals surface area contributed by atoms with Crippen molar-refractivity contribution in [2.24, 2.45) is 5.92 Å². The SMILES string of the molecule is CC(C(=O)O)[C@@H](c1cccc(O)c1)C(F)(F)F. The number of phenols is 1. The number of phenolic OH excluding ortho intramolecular Hbond substituents is 1. The van der Waals surface area contributed by atoms with Crippen LogP contribution in [-0.2, 0) is 4.79 Å². The van der Waals surface area contributed by atoms with E-state index in [2.05, 4.69) is 0 Å². The smallest absolute Gasteiger partial charge is 0.396 e. The van der Waals surface area contributed by atoms with Crippen molar-refractivity contribution in [1.29, 1.82) is 0 Å². The van der Waals surface area contributed by atoms with E-state index in [1.165, 1.54) is 12.1 Å². The number of carboxylic acid groups (broad SMARTS) is 1. The highest BCUT2D eigenvalue weighted by Gasteiger charge is 2.46. The Bertz CT molecular complexity index is 415. The largest absolute Gasteiger partial charge is 0.508 e. The Labute approximate surface area is 95.5 Å². The molecule has 0 aliphatic rings. The predicted octanol–water partition coefficient (Wildman–Crippen LogP) is 2.76. The van der Waals surface area contributed by atoms with E-state index in [0.29, 0.717) is 0 Å². The molecule has 0 aliphatic heterocycles. The average Bonchev–Trinajstić information content (AvgIpc) is 2.15. The van der Waals surface area contributed by atoms with Gasteiger partial charge < -0.3 is 10.2 Å². The zero-order chi connectivity index (χ0) is 13.2. The molecule has 0 fully saturated rings. The van der Waals surface area contributed by atoms with Gasteiger partial charge in [0.1, 0.15) is 5.75 Å². The zero-order valence-corrected chi connectivity index (χ0v) is 8.90. The minimum atomic E-state index is -4.68. The molecular formula is C11H11F3O3. The summed E-state index contributed by atoms with van der Waals surface area (Å²) in [5.74, 6) is -5.60. The summed E-state index contributed by atoms with van der Waals surface area (Å²) in [5.41, 5.74) is -0.257. The van der Waals surface area contributed by atoms with Crippen molar-refractivity contribution in [1.82, 2.24) is 0 Å². The maximum Gasteiger partial charge on any atom is 0.396 e. The lowest BCUT2D eigenvalue weighted by Gasteiger charge is -2.24. The van der Waals surface area contributed by atoms with Crippen LogP contribution < -0.4 is 0 Å². The molecule has 17 heavy (non-hydrogen) atoms. The zero-order valence-electron chi connectivity index (χ0n) is 8.90. The number of halogens is 3. The minimum Gasteiger partial charge on any atom is -0.508 e. The lowest BCUT2D eigenvalue weighted by molar-refractivity contribution is -0.173. The average molecular weight is 248 g/mol. The first-order valence-corrected chi connectivity index (χ1v) is 4.82. The van der Waals surface area contributed by atoms with Gasteiger partial charge in [-0.15, -0.1) is 0 Å². The molecule has 0 aromatic heterocycles. The van der Waals surface area contributed by atoms with E-state index in [0.717, 1.165) is 19.1 Å². The Hall–Kier alpha value is -1.72.